The summed E-state index contributed by atoms with van der Waals surface area (Å²) in [4.78, 5) is 30.8. The van der Waals surface area contributed by atoms with Crippen LogP contribution in [0.3, 0.4) is 0 Å². The summed E-state index contributed by atoms with van der Waals surface area (Å²) in [7, 11) is 0. The van der Waals surface area contributed by atoms with E-state index < -0.39 is 0 Å². The molecule has 0 bridgehead atoms. The van der Waals surface area contributed by atoms with Crippen molar-refractivity contribution in [3.05, 3.63) is 112 Å². The third kappa shape index (κ3) is 4.61. The zero-order valence-corrected chi connectivity index (χ0v) is 19.8. The second kappa shape index (κ2) is 9.45. The van der Waals surface area contributed by atoms with Gasteiger partial charge < -0.3 is 4.90 Å². The quantitative estimate of drug-likeness (QED) is 0.463. The molecule has 0 radical (unpaired) electrons. The smallest absolute Gasteiger partial charge is 0.278 e. The average molecular weight is 439 g/mol. The molecule has 0 saturated heterocycles. The zero-order valence-electron chi connectivity index (χ0n) is 19.8. The Morgan fingerprint density at radius 3 is 2.09 bits per heavy atom. The van der Waals surface area contributed by atoms with Crippen LogP contribution in [0, 0.1) is 20.8 Å². The lowest BCUT2D eigenvalue weighted by Crippen LogP contribution is -2.34. The van der Waals surface area contributed by atoms with E-state index in [1.165, 1.54) is 4.90 Å². The van der Waals surface area contributed by atoms with E-state index in [2.05, 4.69) is 0 Å². The molecule has 3 aromatic carbocycles. The first-order chi connectivity index (χ1) is 15.9. The Morgan fingerprint density at radius 2 is 1.45 bits per heavy atom. The van der Waals surface area contributed by atoms with Crippen molar-refractivity contribution in [3.63, 3.8) is 0 Å². The van der Waals surface area contributed by atoms with Crippen LogP contribution in [0.15, 0.2) is 78.5 Å². The van der Waals surface area contributed by atoms with Crippen LogP contribution in [0.25, 0.3) is 5.57 Å². The average Bonchev–Trinajstić information content (AvgIpc) is 3.06. The number of hydrogen-bond acceptors (Lipinski definition) is 3. The van der Waals surface area contributed by atoms with Gasteiger partial charge in [0.2, 0.25) is 0 Å². The van der Waals surface area contributed by atoms with Crippen LogP contribution in [-0.2, 0) is 22.7 Å². The first-order valence-electron chi connectivity index (χ1n) is 11.4. The van der Waals surface area contributed by atoms with Gasteiger partial charge in [-0.15, -0.1) is 0 Å². The summed E-state index contributed by atoms with van der Waals surface area (Å²) in [5.74, 6) is -0.461. The minimum atomic E-state index is -0.231. The number of imide groups is 1. The van der Waals surface area contributed by atoms with E-state index in [1.807, 2.05) is 105 Å². The predicted molar refractivity (Wildman–Crippen MR) is 132 cm³/mol. The molecular formula is C29H30N2O2. The molecule has 168 valence electrons. The van der Waals surface area contributed by atoms with Gasteiger partial charge in [0.25, 0.3) is 11.8 Å². The number of likely N-dealkylation sites (N-methyl/N-ethyl adjacent to an activating group) is 1. The maximum Gasteiger partial charge on any atom is 0.278 e. The fraction of sp³-hybridized carbons (Fsp3) is 0.241. The maximum absolute atomic E-state index is 13.7. The number of aryl methyl sites for hydroxylation is 3. The molecule has 0 aromatic heterocycles. The summed E-state index contributed by atoms with van der Waals surface area (Å²) >= 11 is 0. The molecule has 33 heavy (non-hydrogen) atoms. The summed E-state index contributed by atoms with van der Waals surface area (Å²) < 4.78 is 0. The van der Waals surface area contributed by atoms with Crippen molar-refractivity contribution in [2.75, 3.05) is 6.54 Å². The molecule has 0 spiro atoms. The van der Waals surface area contributed by atoms with Crippen molar-refractivity contribution in [2.24, 2.45) is 0 Å². The van der Waals surface area contributed by atoms with Crippen molar-refractivity contribution in [1.29, 1.82) is 0 Å². The van der Waals surface area contributed by atoms with Gasteiger partial charge in [-0.25, -0.2) is 0 Å². The number of nitrogens with zero attached hydrogens (tertiary/aromatic N) is 2. The number of benzene rings is 3. The Balaban J connectivity index is 1.77. The lowest BCUT2D eigenvalue weighted by molar-refractivity contribution is -0.138. The number of rotatable bonds is 7. The van der Waals surface area contributed by atoms with E-state index >= 15 is 0 Å². The van der Waals surface area contributed by atoms with Crippen molar-refractivity contribution in [2.45, 2.75) is 40.8 Å². The fourth-order valence-electron chi connectivity index (χ4n) is 4.19. The molecule has 1 aliphatic rings. The van der Waals surface area contributed by atoms with Crippen LogP contribution in [0.2, 0.25) is 0 Å². The molecule has 0 aliphatic carbocycles. The number of carbonyl (C=O) groups is 2. The Kier molecular flexibility index (Phi) is 6.45. The third-order valence-electron chi connectivity index (χ3n) is 6.31. The van der Waals surface area contributed by atoms with Gasteiger partial charge in [0.05, 0.1) is 12.1 Å². The van der Waals surface area contributed by atoms with Gasteiger partial charge >= 0.3 is 0 Å². The predicted octanol–water partition coefficient (Wildman–Crippen LogP) is 5.41. The molecule has 0 fully saturated rings. The molecule has 0 unspecified atom stereocenters. The van der Waals surface area contributed by atoms with E-state index in [0.717, 1.165) is 33.4 Å². The Morgan fingerprint density at radius 1 is 0.758 bits per heavy atom. The van der Waals surface area contributed by atoms with Gasteiger partial charge in [0.1, 0.15) is 5.70 Å². The fourth-order valence-corrected chi connectivity index (χ4v) is 4.19. The lowest BCUT2D eigenvalue weighted by atomic mass is 9.99. The summed E-state index contributed by atoms with van der Waals surface area (Å²) in [6, 6.07) is 24.0. The van der Waals surface area contributed by atoms with Crippen LogP contribution in [0.1, 0.15) is 40.3 Å². The highest BCUT2D eigenvalue weighted by molar-refractivity contribution is 6.35. The summed E-state index contributed by atoms with van der Waals surface area (Å²) in [5.41, 5.74) is 7.22. The van der Waals surface area contributed by atoms with Crippen molar-refractivity contribution in [1.82, 2.24) is 9.80 Å². The zero-order chi connectivity index (χ0) is 23.5. The molecule has 1 heterocycles. The molecule has 0 saturated carbocycles. The van der Waals surface area contributed by atoms with Gasteiger partial charge in [-0.3, -0.25) is 14.5 Å². The Labute approximate surface area is 196 Å². The third-order valence-corrected chi connectivity index (χ3v) is 6.31. The topological polar surface area (TPSA) is 40.6 Å². The van der Waals surface area contributed by atoms with Crippen LogP contribution >= 0.6 is 0 Å². The van der Waals surface area contributed by atoms with E-state index in [4.69, 9.17) is 0 Å². The number of amides is 2. The SMILES string of the molecule is CCN(Cc1ccccc1)C1=C(c2ccc(C)c(C)c2)C(=O)N(Cc2ccc(C)cc2)C1=O. The van der Waals surface area contributed by atoms with E-state index in [1.54, 1.807) is 0 Å². The van der Waals surface area contributed by atoms with E-state index in [0.29, 0.717) is 24.4 Å². The summed E-state index contributed by atoms with van der Waals surface area (Å²) in [6.45, 7) is 9.58. The van der Waals surface area contributed by atoms with Gasteiger partial charge in [-0.2, -0.15) is 0 Å². The maximum atomic E-state index is 13.7. The van der Waals surface area contributed by atoms with Crippen LogP contribution in [-0.4, -0.2) is 28.2 Å². The Hall–Kier alpha value is -3.66. The van der Waals surface area contributed by atoms with Crippen LogP contribution < -0.4 is 0 Å². The molecule has 1 aliphatic heterocycles. The molecule has 0 atom stereocenters. The van der Waals surface area contributed by atoms with E-state index in [-0.39, 0.29) is 18.4 Å². The largest absolute Gasteiger partial charge is 0.362 e. The molecule has 3 aromatic rings. The molecule has 0 N–H and O–H groups in total. The van der Waals surface area contributed by atoms with Crippen LogP contribution in [0.5, 0.6) is 0 Å². The highest BCUT2D eigenvalue weighted by Crippen LogP contribution is 2.34. The highest BCUT2D eigenvalue weighted by atomic mass is 16.2. The summed E-state index contributed by atoms with van der Waals surface area (Å²) in [5, 5.41) is 0. The van der Waals surface area contributed by atoms with Crippen molar-refractivity contribution >= 4 is 17.4 Å². The van der Waals surface area contributed by atoms with Crippen molar-refractivity contribution in [3.8, 4) is 0 Å². The Bertz CT molecular complexity index is 1210. The van der Waals surface area contributed by atoms with Gasteiger partial charge in [0, 0.05) is 13.1 Å². The first kappa shape index (κ1) is 22.5. The normalized spacial score (nSPS) is 13.8. The highest BCUT2D eigenvalue weighted by Gasteiger charge is 2.41. The standard InChI is InChI=1S/C29H30N2O2/c1-5-30(18-23-9-7-6-8-10-23)27-26(25-16-13-21(3)22(4)17-25)28(32)31(29(27)33)19-24-14-11-20(2)12-15-24/h6-17H,5,18-19H2,1-4H3. The number of carbonyl (C=O) groups excluding carboxylic acids is 2. The second-order valence-electron chi connectivity index (χ2n) is 8.70. The molecule has 4 rings (SSSR count). The molecule has 4 heteroatoms. The minimum absolute atomic E-state index is 0.230. The first-order valence-corrected chi connectivity index (χ1v) is 11.4. The summed E-state index contributed by atoms with van der Waals surface area (Å²) in [6.07, 6.45) is 0. The van der Waals surface area contributed by atoms with Crippen LogP contribution in [0.4, 0.5) is 0 Å². The van der Waals surface area contributed by atoms with Gasteiger partial charge in [-0.05, 0) is 55.5 Å². The van der Waals surface area contributed by atoms with Gasteiger partial charge in [0.15, 0.2) is 0 Å². The monoisotopic (exact) mass is 438 g/mol. The lowest BCUT2D eigenvalue weighted by Gasteiger charge is -2.25. The number of hydrogen-bond donors (Lipinski definition) is 0. The van der Waals surface area contributed by atoms with Crippen molar-refractivity contribution < 1.29 is 9.59 Å². The molecule has 4 nitrogen and oxygen atoms in total. The van der Waals surface area contributed by atoms with Gasteiger partial charge in [-0.1, -0.05) is 78.4 Å². The second-order valence-corrected chi connectivity index (χ2v) is 8.70. The minimum Gasteiger partial charge on any atom is -0.362 e. The molecular weight excluding hydrogens is 408 g/mol. The van der Waals surface area contributed by atoms with E-state index in [9.17, 15) is 9.59 Å². The molecule has 2 amide bonds.